The Morgan fingerprint density at radius 2 is 1.68 bits per heavy atom. The van der Waals surface area contributed by atoms with Crippen LogP contribution in [-0.2, 0) is 12.0 Å². The number of nitrogens with zero attached hydrogens (tertiary/aromatic N) is 1. The highest BCUT2D eigenvalue weighted by Gasteiger charge is 2.46. The minimum Gasteiger partial charge on any atom is -0.454 e. The number of aliphatic hydroxyl groups is 1. The van der Waals surface area contributed by atoms with Gasteiger partial charge in [-0.05, 0) is 73.6 Å². The first-order chi connectivity index (χ1) is 15.0. The highest BCUT2D eigenvalue weighted by Crippen LogP contribution is 2.47. The number of fused-ring (bicyclic) bond motifs is 1. The summed E-state index contributed by atoms with van der Waals surface area (Å²) in [7, 11) is 0. The van der Waals surface area contributed by atoms with Gasteiger partial charge in [0.2, 0.25) is 6.79 Å². The Bertz CT molecular complexity index is 954. The lowest BCUT2D eigenvalue weighted by Gasteiger charge is -2.52. The second kappa shape index (κ2) is 8.45. The molecule has 1 saturated heterocycles. The Balaban J connectivity index is 1.41. The van der Waals surface area contributed by atoms with E-state index < -0.39 is 5.60 Å². The molecule has 1 saturated carbocycles. The first-order valence-corrected chi connectivity index (χ1v) is 11.8. The fourth-order valence-corrected chi connectivity index (χ4v) is 5.76. The van der Waals surface area contributed by atoms with Gasteiger partial charge in [-0.2, -0.15) is 0 Å². The van der Waals surface area contributed by atoms with Crippen molar-refractivity contribution in [3.63, 3.8) is 0 Å². The maximum absolute atomic E-state index is 11.6. The van der Waals surface area contributed by atoms with E-state index in [1.54, 1.807) is 0 Å². The third-order valence-electron chi connectivity index (χ3n) is 7.23. The summed E-state index contributed by atoms with van der Waals surface area (Å²) in [5.74, 6) is 1.46. The van der Waals surface area contributed by atoms with Crippen molar-refractivity contribution in [1.82, 2.24) is 10.2 Å². The highest BCUT2D eigenvalue weighted by molar-refractivity contribution is 6.33. The SMILES string of the molecule is OC1(c2ccc3c(c2)OCO3)CCC(Cc2cc(Cl)ccc2Cl)(N2CCNCC2)CC1. The molecule has 0 radical (unpaired) electrons. The molecule has 1 aliphatic carbocycles. The predicted octanol–water partition coefficient (Wildman–Crippen LogP) is 4.37. The molecule has 5 rings (SSSR count). The molecule has 5 nitrogen and oxygen atoms in total. The number of nitrogens with one attached hydrogen (secondary N) is 1. The van der Waals surface area contributed by atoms with Crippen LogP contribution in [0.3, 0.4) is 0 Å². The average Bonchev–Trinajstić information content (AvgIpc) is 3.27. The maximum atomic E-state index is 11.6. The molecule has 0 spiro atoms. The normalized spacial score (nSPS) is 28.6. The number of hydrogen-bond donors (Lipinski definition) is 2. The lowest BCUT2D eigenvalue weighted by Crippen LogP contribution is -2.59. The van der Waals surface area contributed by atoms with Crippen molar-refractivity contribution >= 4 is 23.2 Å². The van der Waals surface area contributed by atoms with E-state index in [0.29, 0.717) is 17.9 Å². The van der Waals surface area contributed by atoms with Crippen molar-refractivity contribution in [1.29, 1.82) is 0 Å². The van der Waals surface area contributed by atoms with Crippen molar-refractivity contribution in [2.75, 3.05) is 33.0 Å². The average molecular weight is 463 g/mol. The summed E-state index contributed by atoms with van der Waals surface area (Å²) in [5.41, 5.74) is 1.09. The number of benzene rings is 2. The Morgan fingerprint density at radius 3 is 2.45 bits per heavy atom. The van der Waals surface area contributed by atoms with Crippen molar-refractivity contribution in [2.45, 2.75) is 43.2 Å². The smallest absolute Gasteiger partial charge is 0.231 e. The van der Waals surface area contributed by atoms with Crippen LogP contribution in [0.25, 0.3) is 0 Å². The van der Waals surface area contributed by atoms with E-state index in [4.69, 9.17) is 32.7 Å². The van der Waals surface area contributed by atoms with Crippen LogP contribution in [0, 0.1) is 0 Å². The minimum atomic E-state index is -0.864. The van der Waals surface area contributed by atoms with Crippen LogP contribution in [0.2, 0.25) is 10.0 Å². The first-order valence-electron chi connectivity index (χ1n) is 11.0. The predicted molar refractivity (Wildman–Crippen MR) is 122 cm³/mol. The van der Waals surface area contributed by atoms with Crippen LogP contribution in [0.5, 0.6) is 11.5 Å². The van der Waals surface area contributed by atoms with Gasteiger partial charge < -0.3 is 19.9 Å². The fourth-order valence-electron chi connectivity index (χ4n) is 5.38. The number of piperazine rings is 1. The first kappa shape index (κ1) is 21.4. The van der Waals surface area contributed by atoms with E-state index >= 15 is 0 Å². The van der Waals surface area contributed by atoms with E-state index in [2.05, 4.69) is 10.2 Å². The van der Waals surface area contributed by atoms with Crippen LogP contribution < -0.4 is 14.8 Å². The van der Waals surface area contributed by atoms with Gasteiger partial charge in [0.15, 0.2) is 11.5 Å². The Kier molecular flexibility index (Phi) is 5.82. The van der Waals surface area contributed by atoms with Gasteiger partial charge in [-0.1, -0.05) is 29.3 Å². The summed E-state index contributed by atoms with van der Waals surface area (Å²) < 4.78 is 11.0. The van der Waals surface area contributed by atoms with Gasteiger partial charge in [0.25, 0.3) is 0 Å². The second-order valence-electron chi connectivity index (χ2n) is 8.97. The number of halogens is 2. The van der Waals surface area contributed by atoms with Crippen molar-refractivity contribution < 1.29 is 14.6 Å². The van der Waals surface area contributed by atoms with Gasteiger partial charge in [-0.15, -0.1) is 0 Å². The molecule has 2 aliphatic heterocycles. The summed E-state index contributed by atoms with van der Waals surface area (Å²) in [6.45, 7) is 4.21. The molecule has 3 aliphatic rings. The number of ether oxygens (including phenoxy) is 2. The van der Waals surface area contributed by atoms with Crippen LogP contribution in [-0.4, -0.2) is 48.5 Å². The summed E-state index contributed by atoms with van der Waals surface area (Å²) in [6, 6.07) is 11.5. The lowest BCUT2D eigenvalue weighted by molar-refractivity contribution is -0.0628. The molecule has 0 atom stereocenters. The van der Waals surface area contributed by atoms with Gasteiger partial charge in [-0.25, -0.2) is 0 Å². The van der Waals surface area contributed by atoms with E-state index in [1.807, 2.05) is 36.4 Å². The molecule has 0 unspecified atom stereocenters. The van der Waals surface area contributed by atoms with Gasteiger partial charge in [0.05, 0.1) is 5.60 Å². The Morgan fingerprint density at radius 1 is 0.935 bits per heavy atom. The molecule has 2 heterocycles. The van der Waals surface area contributed by atoms with E-state index in [-0.39, 0.29) is 12.3 Å². The summed E-state index contributed by atoms with van der Waals surface area (Å²) in [5, 5.41) is 16.5. The van der Waals surface area contributed by atoms with Crippen LogP contribution in [0.15, 0.2) is 36.4 Å². The quantitative estimate of drug-likeness (QED) is 0.706. The Labute approximate surface area is 193 Å². The van der Waals surface area contributed by atoms with E-state index in [0.717, 1.165) is 73.1 Å². The zero-order valence-electron chi connectivity index (χ0n) is 17.5. The van der Waals surface area contributed by atoms with Gasteiger partial charge in [-0.3, -0.25) is 4.90 Å². The lowest BCUT2D eigenvalue weighted by atomic mass is 9.68. The largest absolute Gasteiger partial charge is 0.454 e. The third-order valence-corrected chi connectivity index (χ3v) is 7.84. The maximum Gasteiger partial charge on any atom is 0.231 e. The summed E-state index contributed by atoms with van der Waals surface area (Å²) in [4.78, 5) is 2.60. The fraction of sp³-hybridized carbons (Fsp3) is 0.500. The van der Waals surface area contributed by atoms with Crippen LogP contribution >= 0.6 is 23.2 Å². The van der Waals surface area contributed by atoms with E-state index in [9.17, 15) is 5.11 Å². The van der Waals surface area contributed by atoms with Gasteiger partial charge >= 0.3 is 0 Å². The topological polar surface area (TPSA) is 54.0 Å². The molecule has 0 amide bonds. The molecule has 2 aromatic rings. The van der Waals surface area contributed by atoms with Gasteiger partial charge in [0, 0.05) is 41.8 Å². The number of hydrogen-bond acceptors (Lipinski definition) is 5. The third kappa shape index (κ3) is 4.14. The molecular formula is C24H28Cl2N2O3. The molecule has 0 bridgehead atoms. The highest BCUT2D eigenvalue weighted by atomic mass is 35.5. The molecule has 2 N–H and O–H groups in total. The van der Waals surface area contributed by atoms with Crippen LogP contribution in [0.4, 0.5) is 0 Å². The van der Waals surface area contributed by atoms with Crippen molar-refractivity contribution in [2.24, 2.45) is 0 Å². The zero-order chi connectivity index (χ0) is 21.5. The molecule has 2 aromatic carbocycles. The summed E-state index contributed by atoms with van der Waals surface area (Å²) in [6.07, 6.45) is 3.99. The monoisotopic (exact) mass is 462 g/mol. The van der Waals surface area contributed by atoms with Crippen LogP contribution in [0.1, 0.15) is 36.8 Å². The molecular weight excluding hydrogens is 435 g/mol. The molecule has 0 aromatic heterocycles. The van der Waals surface area contributed by atoms with E-state index in [1.165, 1.54) is 0 Å². The number of rotatable bonds is 4. The van der Waals surface area contributed by atoms with Crippen molar-refractivity contribution in [3.05, 3.63) is 57.6 Å². The standard InChI is InChI=1S/C24H28Cl2N2O3/c25-19-2-3-20(26)17(13-19)15-23(28-11-9-27-10-12-28)5-7-24(29,8-6-23)18-1-4-21-22(14-18)31-16-30-21/h1-4,13-14,27,29H,5-12,15-16H2. The molecule has 2 fully saturated rings. The van der Waals surface area contributed by atoms with Gasteiger partial charge in [0.1, 0.15) is 0 Å². The second-order valence-corrected chi connectivity index (χ2v) is 9.82. The molecule has 7 heteroatoms. The van der Waals surface area contributed by atoms with Crippen molar-refractivity contribution in [3.8, 4) is 11.5 Å². The molecule has 31 heavy (non-hydrogen) atoms. The zero-order valence-corrected chi connectivity index (χ0v) is 19.0. The minimum absolute atomic E-state index is 0.0427. The summed E-state index contributed by atoms with van der Waals surface area (Å²) >= 11 is 12.9. The molecule has 166 valence electrons. The Hall–Kier alpha value is -1.50.